The number of esters is 1. The predicted octanol–water partition coefficient (Wildman–Crippen LogP) is 3.12. The average Bonchev–Trinajstić information content (AvgIpc) is 2.69. The molecule has 2 N–H and O–H groups in total. The van der Waals surface area contributed by atoms with Crippen LogP contribution in [0.2, 0.25) is 0 Å². The van der Waals surface area contributed by atoms with Gasteiger partial charge in [0, 0.05) is 18.3 Å². The first-order valence-corrected chi connectivity index (χ1v) is 9.83. The molecule has 2 aliphatic rings. The van der Waals surface area contributed by atoms with Gasteiger partial charge < -0.3 is 15.4 Å². The van der Waals surface area contributed by atoms with E-state index in [-0.39, 0.29) is 12.0 Å². The molecule has 0 spiro atoms. The Hall–Kier alpha value is -2.34. The maximum atomic E-state index is 12.8. The largest absolute Gasteiger partial charge is 0.463 e. The van der Waals surface area contributed by atoms with E-state index in [1.807, 2.05) is 30.3 Å². The van der Waals surface area contributed by atoms with Gasteiger partial charge in [-0.15, -0.1) is 0 Å². The molecular weight excluding hydrogens is 342 g/mol. The molecule has 1 fully saturated rings. The molecule has 0 radical (unpaired) electrons. The van der Waals surface area contributed by atoms with Crippen LogP contribution in [0.15, 0.2) is 41.6 Å². The Bertz CT molecular complexity index is 696. The first kappa shape index (κ1) is 19.4. The molecule has 2 amide bonds. The van der Waals surface area contributed by atoms with Crippen LogP contribution in [-0.2, 0) is 9.53 Å². The molecule has 1 aliphatic carbocycles. The summed E-state index contributed by atoms with van der Waals surface area (Å²) in [4.78, 5) is 27.3. The van der Waals surface area contributed by atoms with Gasteiger partial charge in [0.1, 0.15) is 0 Å². The van der Waals surface area contributed by atoms with Crippen molar-refractivity contribution in [3.8, 4) is 0 Å². The molecule has 0 saturated heterocycles. The summed E-state index contributed by atoms with van der Waals surface area (Å²) in [6.07, 6.45) is 6.08. The maximum Gasteiger partial charge on any atom is 0.338 e. The molecule has 146 valence electrons. The van der Waals surface area contributed by atoms with Gasteiger partial charge in [-0.2, -0.15) is 0 Å². The highest BCUT2D eigenvalue weighted by molar-refractivity contribution is 5.95. The van der Waals surface area contributed by atoms with Crippen molar-refractivity contribution in [1.29, 1.82) is 0 Å². The minimum atomic E-state index is -0.506. The third-order valence-electron chi connectivity index (χ3n) is 5.39. The Morgan fingerprint density at radius 3 is 2.56 bits per heavy atom. The zero-order valence-corrected chi connectivity index (χ0v) is 16.2. The third-order valence-corrected chi connectivity index (χ3v) is 5.39. The van der Waals surface area contributed by atoms with Crippen LogP contribution in [-0.4, -0.2) is 43.1 Å². The lowest BCUT2D eigenvalue weighted by molar-refractivity contribution is -0.139. The van der Waals surface area contributed by atoms with E-state index in [1.165, 1.54) is 19.3 Å². The van der Waals surface area contributed by atoms with Crippen molar-refractivity contribution < 1.29 is 14.3 Å². The van der Waals surface area contributed by atoms with Crippen LogP contribution in [0.1, 0.15) is 50.6 Å². The second kappa shape index (κ2) is 9.04. The van der Waals surface area contributed by atoms with Crippen molar-refractivity contribution in [2.45, 2.75) is 51.1 Å². The molecule has 0 bridgehead atoms. The number of likely N-dealkylation sites (N-methyl/N-ethyl adjacent to an activating group) is 1. The first-order valence-electron chi connectivity index (χ1n) is 9.83. The summed E-state index contributed by atoms with van der Waals surface area (Å²) >= 11 is 0. The molecule has 1 atom stereocenters. The molecule has 1 aliphatic heterocycles. The van der Waals surface area contributed by atoms with E-state index in [0.717, 1.165) is 18.4 Å². The van der Waals surface area contributed by atoms with Crippen LogP contribution in [0.25, 0.3) is 0 Å². The fourth-order valence-electron chi connectivity index (χ4n) is 3.99. The van der Waals surface area contributed by atoms with Crippen molar-refractivity contribution >= 4 is 12.0 Å². The summed E-state index contributed by atoms with van der Waals surface area (Å²) in [7, 11) is 2.07. The predicted molar refractivity (Wildman–Crippen MR) is 104 cm³/mol. The lowest BCUT2D eigenvalue weighted by atomic mass is 9.93. The average molecular weight is 371 g/mol. The van der Waals surface area contributed by atoms with Crippen molar-refractivity contribution in [2.24, 2.45) is 0 Å². The van der Waals surface area contributed by atoms with Gasteiger partial charge in [0.25, 0.3) is 0 Å². The van der Waals surface area contributed by atoms with Crippen LogP contribution < -0.4 is 10.6 Å². The normalized spacial score (nSPS) is 21.0. The Morgan fingerprint density at radius 1 is 1.19 bits per heavy atom. The SMILES string of the molecule is CCOC(=O)C1=C(CN(C)C2CCCCC2)NC(=O)NC1c1ccccc1. The van der Waals surface area contributed by atoms with Crippen molar-refractivity contribution in [1.82, 2.24) is 15.5 Å². The summed E-state index contributed by atoms with van der Waals surface area (Å²) in [5.74, 6) is -0.383. The van der Waals surface area contributed by atoms with Crippen LogP contribution in [0.5, 0.6) is 0 Å². The van der Waals surface area contributed by atoms with Crippen molar-refractivity contribution in [2.75, 3.05) is 20.2 Å². The van der Waals surface area contributed by atoms with E-state index in [0.29, 0.717) is 30.5 Å². The molecule has 1 saturated carbocycles. The molecule has 6 heteroatoms. The molecule has 3 rings (SSSR count). The second-order valence-electron chi connectivity index (χ2n) is 7.26. The summed E-state index contributed by atoms with van der Waals surface area (Å²) in [5.41, 5.74) is 2.00. The molecule has 27 heavy (non-hydrogen) atoms. The Morgan fingerprint density at radius 2 is 1.89 bits per heavy atom. The maximum absolute atomic E-state index is 12.8. The Labute approximate surface area is 161 Å². The van der Waals surface area contributed by atoms with Crippen LogP contribution >= 0.6 is 0 Å². The number of amides is 2. The number of hydrogen-bond acceptors (Lipinski definition) is 4. The summed E-state index contributed by atoms with van der Waals surface area (Å²) in [6, 6.07) is 9.24. The minimum absolute atomic E-state index is 0.288. The highest BCUT2D eigenvalue weighted by Gasteiger charge is 2.34. The molecule has 1 heterocycles. The number of rotatable bonds is 6. The van der Waals surface area contributed by atoms with Gasteiger partial charge in [-0.1, -0.05) is 49.6 Å². The fourth-order valence-corrected chi connectivity index (χ4v) is 3.99. The Balaban J connectivity index is 1.92. The molecule has 0 aromatic heterocycles. The van der Waals surface area contributed by atoms with E-state index < -0.39 is 6.04 Å². The molecule has 1 unspecified atom stereocenters. The lowest BCUT2D eigenvalue weighted by Gasteiger charge is -2.35. The number of ether oxygens (including phenoxy) is 1. The van der Waals surface area contributed by atoms with Crippen molar-refractivity contribution in [3.63, 3.8) is 0 Å². The van der Waals surface area contributed by atoms with E-state index in [4.69, 9.17) is 4.74 Å². The van der Waals surface area contributed by atoms with E-state index in [2.05, 4.69) is 22.6 Å². The summed E-state index contributed by atoms with van der Waals surface area (Å²) in [5, 5.41) is 5.74. The van der Waals surface area contributed by atoms with Gasteiger partial charge in [0.05, 0.1) is 18.2 Å². The topological polar surface area (TPSA) is 70.7 Å². The number of benzene rings is 1. The van der Waals surface area contributed by atoms with Crippen molar-refractivity contribution in [3.05, 3.63) is 47.2 Å². The zero-order valence-electron chi connectivity index (χ0n) is 16.2. The van der Waals surface area contributed by atoms with Gasteiger partial charge in [-0.05, 0) is 32.4 Å². The van der Waals surface area contributed by atoms with Gasteiger partial charge >= 0.3 is 12.0 Å². The highest BCUT2D eigenvalue weighted by atomic mass is 16.5. The fraction of sp³-hybridized carbons (Fsp3) is 0.524. The molecule has 1 aromatic carbocycles. The first-order chi connectivity index (χ1) is 13.1. The summed E-state index contributed by atoms with van der Waals surface area (Å²) in [6.45, 7) is 2.61. The number of hydrogen-bond donors (Lipinski definition) is 2. The summed E-state index contributed by atoms with van der Waals surface area (Å²) < 4.78 is 5.32. The smallest absolute Gasteiger partial charge is 0.338 e. The second-order valence-corrected chi connectivity index (χ2v) is 7.26. The number of carbonyl (C=O) groups excluding carboxylic acids is 2. The van der Waals surface area contributed by atoms with Gasteiger partial charge in [0.15, 0.2) is 0 Å². The van der Waals surface area contributed by atoms with Crippen LogP contribution in [0.3, 0.4) is 0 Å². The quantitative estimate of drug-likeness (QED) is 0.754. The third kappa shape index (κ3) is 4.69. The zero-order chi connectivity index (χ0) is 19.2. The van der Waals surface area contributed by atoms with Gasteiger partial charge in [-0.3, -0.25) is 4.90 Å². The van der Waals surface area contributed by atoms with Crippen LogP contribution in [0, 0.1) is 0 Å². The van der Waals surface area contributed by atoms with Gasteiger partial charge in [-0.25, -0.2) is 9.59 Å². The highest BCUT2D eigenvalue weighted by Crippen LogP contribution is 2.29. The van der Waals surface area contributed by atoms with E-state index in [9.17, 15) is 9.59 Å². The molecule has 6 nitrogen and oxygen atoms in total. The monoisotopic (exact) mass is 371 g/mol. The number of nitrogens with one attached hydrogen (secondary N) is 2. The number of urea groups is 1. The van der Waals surface area contributed by atoms with Gasteiger partial charge in [0.2, 0.25) is 0 Å². The molecular formula is C21H29N3O3. The Kier molecular flexibility index (Phi) is 6.50. The number of carbonyl (C=O) groups is 2. The van der Waals surface area contributed by atoms with E-state index in [1.54, 1.807) is 6.92 Å². The van der Waals surface area contributed by atoms with E-state index >= 15 is 0 Å². The minimum Gasteiger partial charge on any atom is -0.463 e. The number of nitrogens with zero attached hydrogens (tertiary/aromatic N) is 1. The molecule has 1 aromatic rings. The lowest BCUT2D eigenvalue weighted by Crippen LogP contribution is -2.49. The van der Waals surface area contributed by atoms with Crippen LogP contribution in [0.4, 0.5) is 4.79 Å². The standard InChI is InChI=1S/C21H29N3O3/c1-3-27-20(25)18-17(14-24(2)16-12-8-5-9-13-16)22-21(26)23-19(18)15-10-6-4-7-11-15/h4,6-7,10-11,16,19H,3,5,8-9,12-14H2,1-2H3,(H2,22,23,26).